The highest BCUT2D eigenvalue weighted by atomic mass is 19.1. The van der Waals surface area contributed by atoms with Crippen LogP contribution in [0.2, 0.25) is 0 Å². The number of carbonyl (C=O) groups is 1. The van der Waals surface area contributed by atoms with Crippen molar-refractivity contribution in [1.82, 2.24) is 4.98 Å². The number of aliphatic hydroxyl groups excluding tert-OH is 1. The number of benzene rings is 2. The Kier molecular flexibility index (Phi) is 7.24. The molecule has 178 valence electrons. The molecule has 0 spiro atoms. The summed E-state index contributed by atoms with van der Waals surface area (Å²) < 4.78 is 24.3. The highest BCUT2D eigenvalue weighted by Crippen LogP contribution is 2.36. The molecule has 1 aromatic heterocycles. The SMILES string of the molecule is CC.O=C(Nc1ccc(F)cc1)C1(c2ccc(-c3cnc(OC4CC4)cc3CO)cc2)COC1. The van der Waals surface area contributed by atoms with Crippen molar-refractivity contribution < 1.29 is 23.8 Å². The van der Waals surface area contributed by atoms with Crippen LogP contribution in [0.3, 0.4) is 0 Å². The number of amides is 1. The Balaban J connectivity index is 0.00000133. The fourth-order valence-electron chi connectivity index (χ4n) is 3.77. The normalized spacial score (nSPS) is 16.0. The number of hydrogen-bond acceptors (Lipinski definition) is 5. The molecule has 6 nitrogen and oxygen atoms in total. The van der Waals surface area contributed by atoms with Crippen molar-refractivity contribution in [2.24, 2.45) is 0 Å². The van der Waals surface area contributed by atoms with E-state index in [0.29, 0.717) is 11.6 Å². The van der Waals surface area contributed by atoms with Crippen LogP contribution in [0.15, 0.2) is 60.8 Å². The van der Waals surface area contributed by atoms with Gasteiger partial charge in [0.05, 0.1) is 19.8 Å². The Morgan fingerprint density at radius 2 is 1.82 bits per heavy atom. The summed E-state index contributed by atoms with van der Waals surface area (Å²) in [6.45, 7) is 4.42. The van der Waals surface area contributed by atoms with Crippen molar-refractivity contribution in [2.75, 3.05) is 18.5 Å². The minimum Gasteiger partial charge on any atom is -0.474 e. The number of ether oxygens (including phenoxy) is 2. The van der Waals surface area contributed by atoms with E-state index in [1.165, 1.54) is 24.3 Å². The average Bonchev–Trinajstić information content (AvgIpc) is 3.66. The molecule has 2 heterocycles. The maximum atomic E-state index is 13.2. The van der Waals surface area contributed by atoms with Gasteiger partial charge in [0.1, 0.15) is 17.3 Å². The molecule has 1 aliphatic carbocycles. The van der Waals surface area contributed by atoms with Gasteiger partial charge in [0.15, 0.2) is 0 Å². The van der Waals surface area contributed by atoms with E-state index in [1.807, 2.05) is 38.1 Å². The van der Waals surface area contributed by atoms with Crippen molar-refractivity contribution in [3.63, 3.8) is 0 Å². The van der Waals surface area contributed by atoms with Crippen molar-refractivity contribution in [2.45, 2.75) is 44.8 Å². The van der Waals surface area contributed by atoms with Gasteiger partial charge in [0.25, 0.3) is 0 Å². The molecule has 1 aliphatic heterocycles. The Labute approximate surface area is 198 Å². The number of carbonyl (C=O) groups excluding carboxylic acids is 1. The molecule has 2 aliphatic rings. The molecule has 7 heteroatoms. The monoisotopic (exact) mass is 464 g/mol. The largest absolute Gasteiger partial charge is 0.474 e. The Bertz CT molecular complexity index is 1120. The number of rotatable bonds is 7. The highest BCUT2D eigenvalue weighted by molar-refractivity contribution is 6.00. The molecule has 2 aromatic carbocycles. The molecule has 0 bridgehead atoms. The molecule has 0 radical (unpaired) electrons. The van der Waals surface area contributed by atoms with Gasteiger partial charge in [0, 0.05) is 23.5 Å². The molecule has 5 rings (SSSR count). The topological polar surface area (TPSA) is 80.7 Å². The molecular formula is C27H29FN2O4. The summed E-state index contributed by atoms with van der Waals surface area (Å²) in [5.74, 6) is -0.0218. The van der Waals surface area contributed by atoms with Crippen LogP contribution in [0.4, 0.5) is 10.1 Å². The molecule has 2 N–H and O–H groups in total. The second-order valence-electron chi connectivity index (χ2n) is 8.27. The first-order chi connectivity index (χ1) is 16.6. The first-order valence-electron chi connectivity index (χ1n) is 11.6. The van der Waals surface area contributed by atoms with Crippen LogP contribution < -0.4 is 10.1 Å². The number of aromatic nitrogens is 1. The third-order valence-corrected chi connectivity index (χ3v) is 5.93. The lowest BCUT2D eigenvalue weighted by Crippen LogP contribution is -2.55. The fraction of sp³-hybridized carbons (Fsp3) is 0.333. The maximum Gasteiger partial charge on any atom is 0.239 e. The van der Waals surface area contributed by atoms with Crippen LogP contribution in [0, 0.1) is 5.82 Å². The lowest BCUT2D eigenvalue weighted by molar-refractivity contribution is -0.139. The lowest BCUT2D eigenvalue weighted by atomic mass is 9.77. The van der Waals surface area contributed by atoms with E-state index >= 15 is 0 Å². The standard InChI is InChI=1S/C25H23FN2O4.C2H6/c26-19-5-7-20(8-6-19)28-24(30)25(14-31-15-25)18-3-1-16(2-4-18)22-12-27-23(11-17(22)13-29)32-21-9-10-21;1-2/h1-8,11-12,21,29H,9-10,13-15H2,(H,28,30);1-2H3. The molecule has 1 saturated heterocycles. The number of nitrogens with zero attached hydrogens (tertiary/aromatic N) is 1. The van der Waals surface area contributed by atoms with Gasteiger partial charge in [0.2, 0.25) is 11.8 Å². The minimum absolute atomic E-state index is 0.127. The van der Waals surface area contributed by atoms with E-state index in [-0.39, 0.29) is 37.6 Å². The quantitative estimate of drug-likeness (QED) is 0.522. The van der Waals surface area contributed by atoms with E-state index in [2.05, 4.69) is 10.3 Å². The number of hydrogen-bond donors (Lipinski definition) is 2. The molecule has 1 saturated carbocycles. The first kappa shape index (κ1) is 23.9. The van der Waals surface area contributed by atoms with Crippen molar-refractivity contribution in [1.29, 1.82) is 0 Å². The van der Waals surface area contributed by atoms with Gasteiger partial charge in [-0.2, -0.15) is 0 Å². The van der Waals surface area contributed by atoms with Gasteiger partial charge in [-0.3, -0.25) is 4.79 Å². The van der Waals surface area contributed by atoms with Crippen molar-refractivity contribution >= 4 is 11.6 Å². The number of halogens is 1. The summed E-state index contributed by atoms with van der Waals surface area (Å²) in [6.07, 6.45) is 4.03. The maximum absolute atomic E-state index is 13.2. The summed E-state index contributed by atoms with van der Waals surface area (Å²) in [5.41, 5.74) is 3.01. The number of pyridine rings is 1. The second-order valence-corrected chi connectivity index (χ2v) is 8.27. The van der Waals surface area contributed by atoms with Crippen molar-refractivity contribution in [3.8, 4) is 17.0 Å². The second kappa shape index (κ2) is 10.3. The average molecular weight is 465 g/mol. The van der Waals surface area contributed by atoms with Gasteiger partial charge >= 0.3 is 0 Å². The molecule has 3 aromatic rings. The number of nitrogens with one attached hydrogen (secondary N) is 1. The molecular weight excluding hydrogens is 435 g/mol. The van der Waals surface area contributed by atoms with Crippen LogP contribution in [0.5, 0.6) is 5.88 Å². The number of aliphatic hydroxyl groups is 1. The third-order valence-electron chi connectivity index (χ3n) is 5.93. The van der Waals surface area contributed by atoms with E-state index < -0.39 is 5.41 Å². The van der Waals surface area contributed by atoms with Crippen LogP contribution in [-0.2, 0) is 21.6 Å². The molecule has 34 heavy (non-hydrogen) atoms. The Hall–Kier alpha value is -3.29. The van der Waals surface area contributed by atoms with Gasteiger partial charge in [-0.1, -0.05) is 38.1 Å². The van der Waals surface area contributed by atoms with Gasteiger partial charge < -0.3 is 19.9 Å². The minimum atomic E-state index is -0.799. The lowest BCUT2D eigenvalue weighted by Gasteiger charge is -2.40. The summed E-state index contributed by atoms with van der Waals surface area (Å²) in [6, 6.07) is 15.1. The van der Waals surface area contributed by atoms with Gasteiger partial charge in [-0.05, 0) is 53.8 Å². The Morgan fingerprint density at radius 3 is 2.38 bits per heavy atom. The van der Waals surface area contributed by atoms with Crippen LogP contribution in [0.25, 0.3) is 11.1 Å². The van der Waals surface area contributed by atoms with Crippen LogP contribution in [0.1, 0.15) is 37.8 Å². The number of anilines is 1. The predicted molar refractivity (Wildman–Crippen MR) is 128 cm³/mol. The third kappa shape index (κ3) is 4.95. The van der Waals surface area contributed by atoms with Crippen LogP contribution >= 0.6 is 0 Å². The smallest absolute Gasteiger partial charge is 0.239 e. The zero-order chi connectivity index (χ0) is 24.1. The van der Waals surface area contributed by atoms with Crippen molar-refractivity contribution in [3.05, 3.63) is 77.7 Å². The van der Waals surface area contributed by atoms with Gasteiger partial charge in [-0.15, -0.1) is 0 Å². The van der Waals surface area contributed by atoms with E-state index in [4.69, 9.17) is 9.47 Å². The molecule has 1 amide bonds. The summed E-state index contributed by atoms with van der Waals surface area (Å²) in [7, 11) is 0. The van der Waals surface area contributed by atoms with E-state index in [9.17, 15) is 14.3 Å². The fourth-order valence-corrected chi connectivity index (χ4v) is 3.77. The zero-order valence-corrected chi connectivity index (χ0v) is 19.4. The molecule has 2 fully saturated rings. The van der Waals surface area contributed by atoms with E-state index in [1.54, 1.807) is 12.3 Å². The molecule has 0 atom stereocenters. The first-order valence-corrected chi connectivity index (χ1v) is 11.6. The molecule has 0 unspecified atom stereocenters. The van der Waals surface area contributed by atoms with Gasteiger partial charge in [-0.25, -0.2) is 9.37 Å². The van der Waals surface area contributed by atoms with E-state index in [0.717, 1.165) is 35.1 Å². The zero-order valence-electron chi connectivity index (χ0n) is 19.4. The Morgan fingerprint density at radius 1 is 1.15 bits per heavy atom. The summed E-state index contributed by atoms with van der Waals surface area (Å²) >= 11 is 0. The highest BCUT2D eigenvalue weighted by Gasteiger charge is 2.47. The summed E-state index contributed by atoms with van der Waals surface area (Å²) in [4.78, 5) is 17.4. The summed E-state index contributed by atoms with van der Waals surface area (Å²) in [5, 5.41) is 12.7. The predicted octanol–water partition coefficient (Wildman–Crippen LogP) is 4.85. The van der Waals surface area contributed by atoms with Crippen LogP contribution in [-0.4, -0.2) is 35.3 Å².